The molecule has 0 bridgehead atoms. The summed E-state index contributed by atoms with van der Waals surface area (Å²) in [6.45, 7) is 4.30. The Balaban J connectivity index is 0.000000186. The van der Waals surface area contributed by atoms with E-state index >= 15 is 0 Å². The number of ether oxygens (including phenoxy) is 2. The van der Waals surface area contributed by atoms with Gasteiger partial charge in [-0.3, -0.25) is 19.2 Å². The molecule has 20 heteroatoms. The average molecular weight is 906 g/mol. The summed E-state index contributed by atoms with van der Waals surface area (Å²) in [4.78, 5) is 60.4. The van der Waals surface area contributed by atoms with Gasteiger partial charge in [0.05, 0.1) is 52.6 Å². The number of oxazole rings is 2. The van der Waals surface area contributed by atoms with Crippen molar-refractivity contribution in [2.75, 3.05) is 63.2 Å². The van der Waals surface area contributed by atoms with E-state index in [1.807, 2.05) is 0 Å². The first-order valence-electron chi connectivity index (χ1n) is 18.9. The summed E-state index contributed by atoms with van der Waals surface area (Å²) in [7, 11) is 0. The van der Waals surface area contributed by atoms with Crippen LogP contribution >= 0.6 is 34.8 Å². The van der Waals surface area contributed by atoms with Gasteiger partial charge in [0.25, 0.3) is 23.6 Å². The highest BCUT2D eigenvalue weighted by Crippen LogP contribution is 2.37. The fraction of sp³-hybridized carbons (Fsp3) is 0.190. The van der Waals surface area contributed by atoms with Crippen molar-refractivity contribution in [3.63, 3.8) is 0 Å². The third kappa shape index (κ3) is 9.99. The van der Waals surface area contributed by atoms with Crippen LogP contribution in [-0.4, -0.2) is 96.0 Å². The smallest absolute Gasteiger partial charge is 0.273 e. The van der Waals surface area contributed by atoms with Crippen LogP contribution in [-0.2, 0) is 9.47 Å². The number of hydrogen-bond donors (Lipinski definition) is 4. The minimum absolute atomic E-state index is 0.0470. The number of benzene rings is 4. The number of halogens is 4. The molecular formula is C42H36Cl3FN8O8. The highest BCUT2D eigenvalue weighted by Gasteiger charge is 2.25. The summed E-state index contributed by atoms with van der Waals surface area (Å²) in [5, 5.41) is 6.58. The van der Waals surface area contributed by atoms with E-state index in [1.54, 1.807) is 76.5 Å². The average Bonchev–Trinajstić information content (AvgIpc) is 3.89. The lowest BCUT2D eigenvalue weighted by Crippen LogP contribution is -2.40. The zero-order valence-corrected chi connectivity index (χ0v) is 34.7. The Morgan fingerprint density at radius 2 is 0.935 bits per heavy atom. The molecule has 0 spiro atoms. The maximum atomic E-state index is 14.2. The third-order valence-electron chi connectivity index (χ3n) is 9.45. The number of carbonyl (C=O) groups is 4. The van der Waals surface area contributed by atoms with Crippen molar-refractivity contribution in [3.05, 3.63) is 128 Å². The summed E-state index contributed by atoms with van der Waals surface area (Å²) >= 11 is 18.5. The number of primary amides is 2. The van der Waals surface area contributed by atoms with Gasteiger partial charge in [-0.05, 0) is 72.8 Å². The Bertz CT molecular complexity index is 2390. The van der Waals surface area contributed by atoms with Crippen molar-refractivity contribution in [2.45, 2.75) is 0 Å². The van der Waals surface area contributed by atoms with Crippen molar-refractivity contribution in [1.82, 2.24) is 19.8 Å². The first-order valence-corrected chi connectivity index (χ1v) is 20.0. The standard InChI is InChI=1S/C21H18Cl2N4O4.C21H18ClFN4O4/c2*22-14-2-1-3-15(23)16(14)19-26-17(18(24)28)20(31-19)25-13-6-4-12(5-7-13)21(29)27-8-10-30-11-9-27/h2*1-7,25H,8-11H2,(H2,24,28). The molecule has 0 radical (unpaired) electrons. The van der Waals surface area contributed by atoms with E-state index in [9.17, 15) is 23.6 Å². The van der Waals surface area contributed by atoms with Crippen LogP contribution in [0.25, 0.3) is 22.9 Å². The SMILES string of the molecule is NC(=O)c1nc(-c2c(Cl)cccc2Cl)oc1Nc1ccc(C(=O)N2CCOCC2)cc1.NC(=O)c1nc(-c2c(F)cccc2Cl)oc1Nc1ccc(C(=O)N2CCOCC2)cc1. The minimum Gasteiger partial charge on any atom is -0.419 e. The predicted molar refractivity (Wildman–Crippen MR) is 229 cm³/mol. The normalized spacial score (nSPS) is 13.8. The molecule has 2 aliphatic rings. The molecule has 0 atom stereocenters. The Labute approximate surface area is 367 Å². The molecule has 320 valence electrons. The van der Waals surface area contributed by atoms with Gasteiger partial charge in [0.2, 0.25) is 23.5 Å². The van der Waals surface area contributed by atoms with Crippen molar-refractivity contribution in [3.8, 4) is 22.9 Å². The number of morpholine rings is 2. The van der Waals surface area contributed by atoms with Gasteiger partial charge < -0.3 is 50.2 Å². The Hall–Kier alpha value is -6.50. The molecule has 0 aliphatic carbocycles. The molecule has 4 amide bonds. The van der Waals surface area contributed by atoms with Crippen LogP contribution in [0.4, 0.5) is 27.5 Å². The maximum Gasteiger partial charge on any atom is 0.273 e. The van der Waals surface area contributed by atoms with E-state index < -0.39 is 17.6 Å². The number of aromatic nitrogens is 2. The van der Waals surface area contributed by atoms with Gasteiger partial charge in [-0.25, -0.2) is 14.4 Å². The largest absolute Gasteiger partial charge is 0.419 e. The number of nitrogens with zero attached hydrogens (tertiary/aromatic N) is 4. The fourth-order valence-electron chi connectivity index (χ4n) is 6.31. The van der Waals surface area contributed by atoms with E-state index in [1.165, 1.54) is 18.2 Å². The summed E-state index contributed by atoms with van der Waals surface area (Å²) < 4.78 is 36.0. The molecule has 2 fully saturated rings. The highest BCUT2D eigenvalue weighted by atomic mass is 35.5. The third-order valence-corrected chi connectivity index (χ3v) is 10.4. The van der Waals surface area contributed by atoms with Crippen LogP contribution < -0.4 is 22.1 Å². The maximum absolute atomic E-state index is 14.2. The van der Waals surface area contributed by atoms with Gasteiger partial charge in [-0.15, -0.1) is 0 Å². The van der Waals surface area contributed by atoms with Gasteiger partial charge >= 0.3 is 0 Å². The molecule has 6 aromatic rings. The van der Waals surface area contributed by atoms with Crippen molar-refractivity contribution >= 4 is 81.6 Å². The second-order valence-electron chi connectivity index (χ2n) is 13.5. The summed E-state index contributed by atoms with van der Waals surface area (Å²) in [5.74, 6) is -2.58. The molecule has 2 saturated heterocycles. The molecule has 8 rings (SSSR count). The predicted octanol–water partition coefficient (Wildman–Crippen LogP) is 7.41. The number of nitrogens with one attached hydrogen (secondary N) is 2. The molecule has 62 heavy (non-hydrogen) atoms. The first kappa shape index (κ1) is 43.6. The van der Waals surface area contributed by atoms with Gasteiger partial charge in [0.15, 0.2) is 11.4 Å². The quantitative estimate of drug-likeness (QED) is 0.106. The summed E-state index contributed by atoms with van der Waals surface area (Å²) in [6, 6.07) is 22.4. The number of carbonyl (C=O) groups excluding carboxylic acids is 4. The molecule has 4 heterocycles. The van der Waals surface area contributed by atoms with Gasteiger partial charge in [0.1, 0.15) is 5.82 Å². The molecule has 2 aliphatic heterocycles. The van der Waals surface area contributed by atoms with Crippen LogP contribution in [0.15, 0.2) is 93.8 Å². The lowest BCUT2D eigenvalue weighted by Gasteiger charge is -2.26. The van der Waals surface area contributed by atoms with Crippen molar-refractivity contribution < 1.29 is 41.9 Å². The molecule has 2 aromatic heterocycles. The molecular weight excluding hydrogens is 870 g/mol. The second-order valence-corrected chi connectivity index (χ2v) is 14.8. The Kier molecular flexibility index (Phi) is 13.7. The Morgan fingerprint density at radius 1 is 0.565 bits per heavy atom. The van der Waals surface area contributed by atoms with Crippen LogP contribution in [0.2, 0.25) is 15.1 Å². The van der Waals surface area contributed by atoms with Crippen LogP contribution in [0.1, 0.15) is 41.7 Å². The molecule has 0 saturated carbocycles. The zero-order valence-electron chi connectivity index (χ0n) is 32.5. The van der Waals surface area contributed by atoms with E-state index in [-0.39, 0.29) is 57.3 Å². The Morgan fingerprint density at radius 3 is 1.32 bits per heavy atom. The van der Waals surface area contributed by atoms with E-state index in [0.29, 0.717) is 90.7 Å². The van der Waals surface area contributed by atoms with Crippen molar-refractivity contribution in [2.24, 2.45) is 11.5 Å². The lowest BCUT2D eigenvalue weighted by molar-refractivity contribution is 0.0301. The van der Waals surface area contributed by atoms with Crippen molar-refractivity contribution in [1.29, 1.82) is 0 Å². The van der Waals surface area contributed by atoms with Crippen LogP contribution in [0, 0.1) is 5.82 Å². The number of anilines is 4. The van der Waals surface area contributed by atoms with E-state index in [0.717, 1.165) is 0 Å². The van der Waals surface area contributed by atoms with Gasteiger partial charge in [-0.1, -0.05) is 46.9 Å². The van der Waals surface area contributed by atoms with Crippen LogP contribution in [0.5, 0.6) is 0 Å². The second kappa shape index (κ2) is 19.5. The number of amides is 4. The molecule has 4 aromatic carbocycles. The topological polar surface area (TPSA) is 221 Å². The highest BCUT2D eigenvalue weighted by molar-refractivity contribution is 6.39. The fourth-order valence-corrected chi connectivity index (χ4v) is 7.12. The van der Waals surface area contributed by atoms with E-state index in [2.05, 4.69) is 20.6 Å². The van der Waals surface area contributed by atoms with E-state index in [4.69, 9.17) is 64.6 Å². The number of nitrogens with two attached hydrogens (primary N) is 2. The first-order chi connectivity index (χ1) is 29.9. The molecule has 6 N–H and O–H groups in total. The summed E-state index contributed by atoms with van der Waals surface area (Å²) in [6.07, 6.45) is 0. The monoisotopic (exact) mass is 904 g/mol. The van der Waals surface area contributed by atoms with Crippen LogP contribution in [0.3, 0.4) is 0 Å². The summed E-state index contributed by atoms with van der Waals surface area (Å²) in [5.41, 5.74) is 13.0. The minimum atomic E-state index is -0.857. The van der Waals surface area contributed by atoms with Gasteiger partial charge in [0, 0.05) is 48.7 Å². The lowest BCUT2D eigenvalue weighted by atomic mass is 10.1. The number of hydrogen-bond acceptors (Lipinski definition) is 12. The number of rotatable bonds is 10. The molecule has 0 unspecified atom stereocenters. The zero-order chi connectivity index (χ0) is 43.9. The molecule has 16 nitrogen and oxygen atoms in total. The van der Waals surface area contributed by atoms with Gasteiger partial charge in [-0.2, -0.15) is 0 Å².